The summed E-state index contributed by atoms with van der Waals surface area (Å²) >= 11 is 1.57. The number of carbonyl (C=O) groups is 1. The molecule has 0 saturated carbocycles. The molecule has 3 aromatic carbocycles. The summed E-state index contributed by atoms with van der Waals surface area (Å²) in [4.78, 5) is 27.7. The van der Waals surface area contributed by atoms with E-state index in [0.717, 1.165) is 20.7 Å². The van der Waals surface area contributed by atoms with Crippen molar-refractivity contribution < 1.29 is 9.53 Å². The average molecular weight is 431 g/mol. The van der Waals surface area contributed by atoms with Crippen molar-refractivity contribution in [3.8, 4) is 5.75 Å². The van der Waals surface area contributed by atoms with Crippen LogP contribution in [0.3, 0.4) is 0 Å². The van der Waals surface area contributed by atoms with Gasteiger partial charge < -0.3 is 10.1 Å². The highest BCUT2D eigenvalue weighted by molar-refractivity contribution is 7.99. The molecular weight excluding hydrogens is 408 g/mol. The van der Waals surface area contributed by atoms with E-state index in [1.165, 1.54) is 4.57 Å². The van der Waals surface area contributed by atoms with Crippen LogP contribution in [0.2, 0.25) is 0 Å². The first kappa shape index (κ1) is 20.8. The fourth-order valence-electron chi connectivity index (χ4n) is 3.50. The fourth-order valence-corrected chi connectivity index (χ4v) is 4.42. The summed E-state index contributed by atoms with van der Waals surface area (Å²) in [6.07, 6.45) is 0. The summed E-state index contributed by atoms with van der Waals surface area (Å²) in [6, 6.07) is 24.7. The van der Waals surface area contributed by atoms with Crippen molar-refractivity contribution in [2.75, 3.05) is 12.4 Å². The molecule has 0 spiro atoms. The largest absolute Gasteiger partial charge is 0.495 e. The number of fused-ring (bicyclic) bond motifs is 1. The molecular formula is C25H22N2O3S. The first-order valence-electron chi connectivity index (χ1n) is 9.86. The number of nitrogens with one attached hydrogen (secondary N) is 1. The average Bonchev–Trinajstić information content (AvgIpc) is 2.78. The Hall–Kier alpha value is -3.51. The summed E-state index contributed by atoms with van der Waals surface area (Å²) in [5.41, 5.74) is 1.94. The number of para-hydroxylation sites is 2. The molecule has 5 nitrogen and oxygen atoms in total. The number of amides is 1. The summed E-state index contributed by atoms with van der Waals surface area (Å²) in [5.74, 6) is 0.283. The Morgan fingerprint density at radius 3 is 2.52 bits per heavy atom. The standard InChI is InChI=1S/C25H22N2O3S/c1-17-15-24(29)27(25-19(17)11-8-13-21(25)30-2)16-23(28)26-20-12-6-7-14-22(20)31-18-9-4-3-5-10-18/h3-15H,16H2,1-2H3,(H,26,28). The Morgan fingerprint density at radius 1 is 1.00 bits per heavy atom. The molecule has 0 aliphatic rings. The number of nitrogens with zero attached hydrogens (tertiary/aromatic N) is 1. The Kier molecular flexibility index (Phi) is 6.09. The second kappa shape index (κ2) is 9.10. The van der Waals surface area contributed by atoms with Crippen molar-refractivity contribution in [2.45, 2.75) is 23.3 Å². The number of benzene rings is 3. The Morgan fingerprint density at radius 2 is 1.74 bits per heavy atom. The monoisotopic (exact) mass is 430 g/mol. The zero-order valence-electron chi connectivity index (χ0n) is 17.3. The molecule has 0 bridgehead atoms. The third-order valence-corrected chi connectivity index (χ3v) is 6.04. The molecule has 156 valence electrons. The molecule has 31 heavy (non-hydrogen) atoms. The number of rotatable bonds is 6. The predicted octanol–water partition coefficient (Wildman–Crippen LogP) is 5.11. The van der Waals surface area contributed by atoms with Crippen LogP contribution in [0.1, 0.15) is 5.56 Å². The lowest BCUT2D eigenvalue weighted by Gasteiger charge is -2.16. The van der Waals surface area contributed by atoms with E-state index in [4.69, 9.17) is 4.74 Å². The molecule has 0 unspecified atom stereocenters. The molecule has 0 atom stereocenters. The second-order valence-corrected chi connectivity index (χ2v) is 8.18. The molecule has 1 amide bonds. The maximum absolute atomic E-state index is 12.9. The summed E-state index contributed by atoms with van der Waals surface area (Å²) < 4.78 is 6.93. The number of ether oxygens (including phenoxy) is 1. The highest BCUT2D eigenvalue weighted by Gasteiger charge is 2.15. The van der Waals surface area contributed by atoms with E-state index < -0.39 is 0 Å². The van der Waals surface area contributed by atoms with Gasteiger partial charge in [-0.25, -0.2) is 0 Å². The molecule has 1 heterocycles. The number of hydrogen-bond donors (Lipinski definition) is 1. The van der Waals surface area contributed by atoms with Crippen LogP contribution in [0.15, 0.2) is 93.4 Å². The van der Waals surface area contributed by atoms with Crippen LogP contribution in [0.25, 0.3) is 10.9 Å². The number of anilines is 1. The molecule has 0 aliphatic carbocycles. The molecule has 1 aromatic heterocycles. The molecule has 4 rings (SSSR count). The number of aromatic nitrogens is 1. The van der Waals surface area contributed by atoms with Gasteiger partial charge in [0.2, 0.25) is 5.91 Å². The summed E-state index contributed by atoms with van der Waals surface area (Å²) in [7, 11) is 1.56. The first-order valence-corrected chi connectivity index (χ1v) is 10.7. The van der Waals surface area contributed by atoms with Crippen molar-refractivity contribution in [1.29, 1.82) is 0 Å². The second-order valence-electron chi connectivity index (χ2n) is 7.07. The van der Waals surface area contributed by atoms with Gasteiger partial charge in [0.05, 0.1) is 18.3 Å². The van der Waals surface area contributed by atoms with Crippen molar-refractivity contribution in [3.05, 3.63) is 94.8 Å². The molecule has 4 aromatic rings. The molecule has 0 fully saturated rings. The fraction of sp³-hybridized carbons (Fsp3) is 0.120. The number of carbonyl (C=O) groups excluding carboxylic acids is 1. The lowest BCUT2D eigenvalue weighted by atomic mass is 10.1. The van der Waals surface area contributed by atoms with Crippen molar-refractivity contribution in [1.82, 2.24) is 4.57 Å². The highest BCUT2D eigenvalue weighted by atomic mass is 32.2. The zero-order valence-corrected chi connectivity index (χ0v) is 18.1. The lowest BCUT2D eigenvalue weighted by Crippen LogP contribution is -2.28. The maximum Gasteiger partial charge on any atom is 0.251 e. The van der Waals surface area contributed by atoms with Crippen molar-refractivity contribution >= 4 is 34.3 Å². The van der Waals surface area contributed by atoms with Crippen LogP contribution >= 0.6 is 11.8 Å². The smallest absolute Gasteiger partial charge is 0.251 e. The van der Waals surface area contributed by atoms with Crippen LogP contribution in [0, 0.1) is 6.92 Å². The van der Waals surface area contributed by atoms with E-state index in [9.17, 15) is 9.59 Å². The van der Waals surface area contributed by atoms with Crippen LogP contribution in [0.5, 0.6) is 5.75 Å². The minimum Gasteiger partial charge on any atom is -0.495 e. The molecule has 0 radical (unpaired) electrons. The lowest BCUT2D eigenvalue weighted by molar-refractivity contribution is -0.116. The van der Waals surface area contributed by atoms with Crippen LogP contribution in [-0.4, -0.2) is 17.6 Å². The quantitative estimate of drug-likeness (QED) is 0.462. The SMILES string of the molecule is COc1cccc2c(C)cc(=O)n(CC(=O)Nc3ccccc3Sc3ccccc3)c12. The van der Waals surface area contributed by atoms with E-state index in [-0.39, 0.29) is 18.0 Å². The van der Waals surface area contributed by atoms with Gasteiger partial charge in [0, 0.05) is 21.2 Å². The van der Waals surface area contributed by atoms with Gasteiger partial charge in [-0.1, -0.05) is 54.2 Å². The van der Waals surface area contributed by atoms with E-state index in [0.29, 0.717) is 17.0 Å². The minimum atomic E-state index is -0.278. The summed E-state index contributed by atoms with van der Waals surface area (Å²) in [5, 5.41) is 3.84. The van der Waals surface area contributed by atoms with Crippen LogP contribution in [0.4, 0.5) is 5.69 Å². The molecule has 1 N–H and O–H groups in total. The van der Waals surface area contributed by atoms with E-state index in [2.05, 4.69) is 5.32 Å². The van der Waals surface area contributed by atoms with Gasteiger partial charge in [-0.05, 0) is 42.8 Å². The molecule has 0 aliphatic heterocycles. The van der Waals surface area contributed by atoms with Crippen LogP contribution < -0.4 is 15.6 Å². The third-order valence-electron chi connectivity index (χ3n) is 4.95. The van der Waals surface area contributed by atoms with E-state index in [1.807, 2.05) is 73.7 Å². The Labute approximate surface area is 184 Å². The highest BCUT2D eigenvalue weighted by Crippen LogP contribution is 2.33. The first-order chi connectivity index (χ1) is 15.1. The van der Waals surface area contributed by atoms with E-state index in [1.54, 1.807) is 31.0 Å². The van der Waals surface area contributed by atoms with Gasteiger partial charge in [-0.2, -0.15) is 0 Å². The Balaban J connectivity index is 1.64. The summed E-state index contributed by atoms with van der Waals surface area (Å²) in [6.45, 7) is 1.77. The van der Waals surface area contributed by atoms with Gasteiger partial charge in [-0.3, -0.25) is 14.2 Å². The van der Waals surface area contributed by atoms with E-state index >= 15 is 0 Å². The van der Waals surface area contributed by atoms with Gasteiger partial charge in [0.1, 0.15) is 12.3 Å². The number of aryl methyl sites for hydroxylation is 1. The minimum absolute atomic E-state index is 0.111. The number of pyridine rings is 1. The van der Waals surface area contributed by atoms with Gasteiger partial charge in [0.15, 0.2) is 0 Å². The normalized spacial score (nSPS) is 10.8. The zero-order chi connectivity index (χ0) is 21.8. The topological polar surface area (TPSA) is 60.3 Å². The van der Waals surface area contributed by atoms with Gasteiger partial charge >= 0.3 is 0 Å². The van der Waals surface area contributed by atoms with Gasteiger partial charge in [-0.15, -0.1) is 0 Å². The Bertz CT molecular complexity index is 1300. The van der Waals surface area contributed by atoms with Gasteiger partial charge in [0.25, 0.3) is 5.56 Å². The third kappa shape index (κ3) is 4.49. The van der Waals surface area contributed by atoms with Crippen molar-refractivity contribution in [3.63, 3.8) is 0 Å². The van der Waals surface area contributed by atoms with Crippen LogP contribution in [-0.2, 0) is 11.3 Å². The maximum atomic E-state index is 12.9. The number of hydrogen-bond acceptors (Lipinski definition) is 4. The molecule has 0 saturated heterocycles. The number of methoxy groups -OCH3 is 1. The predicted molar refractivity (Wildman–Crippen MR) is 125 cm³/mol. The van der Waals surface area contributed by atoms with Crippen molar-refractivity contribution in [2.24, 2.45) is 0 Å². The molecule has 6 heteroatoms.